The van der Waals surface area contributed by atoms with Crippen molar-refractivity contribution in [1.29, 1.82) is 0 Å². The lowest BCUT2D eigenvalue weighted by molar-refractivity contribution is -0.131. The third kappa shape index (κ3) is 3.54. The van der Waals surface area contributed by atoms with Crippen molar-refractivity contribution in [1.82, 2.24) is 0 Å². The Balaban J connectivity index is 2.01. The summed E-state index contributed by atoms with van der Waals surface area (Å²) >= 11 is 0. The van der Waals surface area contributed by atoms with Crippen LogP contribution in [-0.4, -0.2) is 23.8 Å². The zero-order valence-corrected chi connectivity index (χ0v) is 18.6. The molecule has 0 saturated heterocycles. The van der Waals surface area contributed by atoms with E-state index in [4.69, 9.17) is 4.74 Å². The van der Waals surface area contributed by atoms with Gasteiger partial charge in [0, 0.05) is 13.2 Å². The maximum absolute atomic E-state index is 11.2. The second-order valence-electron chi connectivity index (χ2n) is 10.3. The van der Waals surface area contributed by atoms with E-state index >= 15 is 0 Å². The van der Waals surface area contributed by atoms with Crippen LogP contribution >= 0.6 is 0 Å². The third-order valence-corrected chi connectivity index (χ3v) is 7.60. The summed E-state index contributed by atoms with van der Waals surface area (Å²) in [5, 5.41) is 9.19. The average molecular weight is 385 g/mol. The standard InChI is InChI=1S/C25H36O3/c1-16-12-20-21(24(5,6)11-10-23(20,3)4)14-19(16)18-8-9-25(15-18,28-7)17(2)13-22(26)27/h12-14,18H,8-11,15H2,1-7H3,(H,26,27). The van der Waals surface area contributed by atoms with Crippen molar-refractivity contribution in [3.8, 4) is 0 Å². The SMILES string of the molecule is COC1(C(C)=CC(=O)O)CCC(c2cc3c(cc2C)C(C)(C)CCC3(C)C)C1. The van der Waals surface area contributed by atoms with Gasteiger partial charge < -0.3 is 9.84 Å². The number of carboxylic acid groups (broad SMARTS) is 1. The minimum Gasteiger partial charge on any atom is -0.478 e. The summed E-state index contributed by atoms with van der Waals surface area (Å²) in [6.07, 6.45) is 6.50. The molecule has 2 unspecified atom stereocenters. The summed E-state index contributed by atoms with van der Waals surface area (Å²) in [7, 11) is 1.72. The van der Waals surface area contributed by atoms with E-state index in [0.717, 1.165) is 24.8 Å². The minimum atomic E-state index is -0.897. The molecule has 0 aromatic heterocycles. The summed E-state index contributed by atoms with van der Waals surface area (Å²) in [6.45, 7) is 13.6. The molecule has 1 aromatic carbocycles. The molecule has 1 fully saturated rings. The van der Waals surface area contributed by atoms with Gasteiger partial charge in [-0.2, -0.15) is 0 Å². The second-order valence-corrected chi connectivity index (χ2v) is 10.3. The van der Waals surface area contributed by atoms with E-state index in [0.29, 0.717) is 5.92 Å². The van der Waals surface area contributed by atoms with Crippen molar-refractivity contribution < 1.29 is 14.6 Å². The number of hydrogen-bond acceptors (Lipinski definition) is 2. The Bertz CT molecular complexity index is 815. The Morgan fingerprint density at radius 3 is 2.21 bits per heavy atom. The molecule has 3 heteroatoms. The molecule has 3 nitrogen and oxygen atoms in total. The van der Waals surface area contributed by atoms with Crippen molar-refractivity contribution in [2.24, 2.45) is 0 Å². The molecular formula is C25H36O3. The molecule has 28 heavy (non-hydrogen) atoms. The molecule has 3 rings (SSSR count). The van der Waals surface area contributed by atoms with E-state index in [2.05, 4.69) is 46.8 Å². The zero-order valence-electron chi connectivity index (χ0n) is 18.6. The van der Waals surface area contributed by atoms with Crippen molar-refractivity contribution in [3.05, 3.63) is 46.0 Å². The van der Waals surface area contributed by atoms with Gasteiger partial charge in [0.15, 0.2) is 0 Å². The number of benzene rings is 1. The number of aryl methyl sites for hydroxylation is 1. The lowest BCUT2D eigenvalue weighted by Crippen LogP contribution is -2.34. The highest BCUT2D eigenvalue weighted by Crippen LogP contribution is 2.51. The highest BCUT2D eigenvalue weighted by atomic mass is 16.5. The van der Waals surface area contributed by atoms with Gasteiger partial charge in [0.05, 0.1) is 5.60 Å². The smallest absolute Gasteiger partial charge is 0.328 e. The van der Waals surface area contributed by atoms with Crippen LogP contribution in [0, 0.1) is 6.92 Å². The van der Waals surface area contributed by atoms with Crippen LogP contribution in [0.2, 0.25) is 0 Å². The third-order valence-electron chi connectivity index (χ3n) is 7.60. The second kappa shape index (κ2) is 7.02. The van der Waals surface area contributed by atoms with Crippen LogP contribution in [0.4, 0.5) is 0 Å². The van der Waals surface area contributed by atoms with E-state index < -0.39 is 11.6 Å². The lowest BCUT2D eigenvalue weighted by Gasteiger charge is -2.42. The molecule has 0 aliphatic heterocycles. The first-order valence-electron chi connectivity index (χ1n) is 10.5. The van der Waals surface area contributed by atoms with Crippen molar-refractivity contribution in [3.63, 3.8) is 0 Å². The molecule has 0 heterocycles. The number of ether oxygens (including phenoxy) is 1. The van der Waals surface area contributed by atoms with Crippen LogP contribution in [0.15, 0.2) is 23.8 Å². The van der Waals surface area contributed by atoms with E-state index in [-0.39, 0.29) is 10.8 Å². The van der Waals surface area contributed by atoms with E-state index in [1.165, 1.54) is 41.2 Å². The first-order chi connectivity index (χ1) is 12.9. The number of carbonyl (C=O) groups is 1. The maximum Gasteiger partial charge on any atom is 0.328 e. The molecule has 1 N–H and O–H groups in total. The number of methoxy groups -OCH3 is 1. The van der Waals surface area contributed by atoms with Crippen LogP contribution in [0.3, 0.4) is 0 Å². The predicted molar refractivity (Wildman–Crippen MR) is 114 cm³/mol. The van der Waals surface area contributed by atoms with Gasteiger partial charge in [-0.15, -0.1) is 0 Å². The van der Waals surface area contributed by atoms with Gasteiger partial charge in [-0.1, -0.05) is 39.8 Å². The predicted octanol–water partition coefficient (Wildman–Crippen LogP) is 6.03. The van der Waals surface area contributed by atoms with Gasteiger partial charge in [-0.25, -0.2) is 4.79 Å². The van der Waals surface area contributed by atoms with Gasteiger partial charge >= 0.3 is 5.97 Å². The molecule has 1 aromatic rings. The molecule has 0 spiro atoms. The molecule has 2 aliphatic carbocycles. The molecule has 0 radical (unpaired) electrons. The van der Waals surface area contributed by atoms with Gasteiger partial charge in [-0.05, 0) is 90.5 Å². The first kappa shape index (κ1) is 21.1. The quantitative estimate of drug-likeness (QED) is 0.645. The van der Waals surface area contributed by atoms with Gasteiger partial charge in [0.25, 0.3) is 0 Å². The number of aliphatic carboxylic acids is 1. The zero-order chi connectivity index (χ0) is 20.9. The lowest BCUT2D eigenvalue weighted by atomic mass is 9.62. The molecule has 1 saturated carbocycles. The van der Waals surface area contributed by atoms with Crippen LogP contribution in [-0.2, 0) is 20.4 Å². The Hall–Kier alpha value is -1.61. The normalized spacial score (nSPS) is 28.8. The Morgan fingerprint density at radius 2 is 1.68 bits per heavy atom. The topological polar surface area (TPSA) is 46.5 Å². The fourth-order valence-electron chi connectivity index (χ4n) is 5.47. The van der Waals surface area contributed by atoms with E-state index in [9.17, 15) is 9.90 Å². The molecule has 154 valence electrons. The largest absolute Gasteiger partial charge is 0.478 e. The van der Waals surface area contributed by atoms with Gasteiger partial charge in [0.1, 0.15) is 0 Å². The van der Waals surface area contributed by atoms with Crippen molar-refractivity contribution in [2.45, 2.75) is 96.0 Å². The Labute approximate surface area is 170 Å². The molecule has 2 aliphatic rings. The van der Waals surface area contributed by atoms with Gasteiger partial charge in [-0.3, -0.25) is 0 Å². The van der Waals surface area contributed by atoms with Crippen molar-refractivity contribution in [2.75, 3.05) is 7.11 Å². The maximum atomic E-state index is 11.2. The number of fused-ring (bicyclic) bond motifs is 1. The van der Waals surface area contributed by atoms with Crippen LogP contribution in [0.25, 0.3) is 0 Å². The fraction of sp³-hybridized carbons (Fsp3) is 0.640. The first-order valence-corrected chi connectivity index (χ1v) is 10.5. The highest BCUT2D eigenvalue weighted by molar-refractivity contribution is 5.81. The average Bonchev–Trinajstić information content (AvgIpc) is 3.04. The summed E-state index contributed by atoms with van der Waals surface area (Å²) in [5.74, 6) is -0.491. The number of rotatable bonds is 4. The Morgan fingerprint density at radius 1 is 1.11 bits per heavy atom. The summed E-state index contributed by atoms with van der Waals surface area (Å²) in [4.78, 5) is 11.2. The van der Waals surface area contributed by atoms with Crippen LogP contribution in [0.1, 0.15) is 94.9 Å². The van der Waals surface area contributed by atoms with Crippen LogP contribution < -0.4 is 0 Å². The molecule has 2 atom stereocenters. The van der Waals surface area contributed by atoms with Gasteiger partial charge in [0.2, 0.25) is 0 Å². The molecule has 0 bridgehead atoms. The summed E-state index contributed by atoms with van der Waals surface area (Å²) in [5.41, 5.74) is 6.57. The molecule has 0 amide bonds. The van der Waals surface area contributed by atoms with E-state index in [1.54, 1.807) is 7.11 Å². The highest BCUT2D eigenvalue weighted by Gasteiger charge is 2.43. The van der Waals surface area contributed by atoms with Crippen LogP contribution in [0.5, 0.6) is 0 Å². The summed E-state index contributed by atoms with van der Waals surface area (Å²) < 4.78 is 5.91. The monoisotopic (exact) mass is 384 g/mol. The molecular weight excluding hydrogens is 348 g/mol. The minimum absolute atomic E-state index is 0.198. The van der Waals surface area contributed by atoms with E-state index in [1.807, 2.05) is 6.92 Å². The van der Waals surface area contributed by atoms with Crippen molar-refractivity contribution >= 4 is 5.97 Å². The number of hydrogen-bond donors (Lipinski definition) is 1. The summed E-state index contributed by atoms with van der Waals surface area (Å²) in [6, 6.07) is 4.90. The number of carboxylic acids is 1. The fourth-order valence-corrected chi connectivity index (χ4v) is 5.47. The Kier molecular flexibility index (Phi) is 5.29.